The normalized spacial score (nSPS) is 15.4. The molecule has 1 saturated heterocycles. The Balaban J connectivity index is 1.40. The van der Waals surface area contributed by atoms with Gasteiger partial charge in [-0.25, -0.2) is 4.79 Å². The monoisotopic (exact) mass is 387 g/mol. The molecule has 0 aliphatic carbocycles. The second kappa shape index (κ2) is 7.00. The topological polar surface area (TPSA) is 71.1 Å². The lowest BCUT2D eigenvalue weighted by Crippen LogP contribution is -2.37. The second-order valence-electron chi connectivity index (χ2n) is 6.41. The first kappa shape index (κ1) is 17.5. The number of amides is 3. The molecular weight excluding hydrogens is 370 g/mol. The van der Waals surface area contributed by atoms with Gasteiger partial charge in [-0.3, -0.25) is 9.69 Å². The van der Waals surface area contributed by atoms with E-state index in [0.29, 0.717) is 35.3 Å². The molecule has 0 aromatic heterocycles. The molecule has 0 saturated carbocycles. The van der Waals surface area contributed by atoms with Crippen LogP contribution in [0.15, 0.2) is 36.4 Å². The number of fused-ring (bicyclic) bond motifs is 1. The number of nitrogens with zero attached hydrogens (tertiary/aromatic N) is 2. The minimum atomic E-state index is -0.268. The molecule has 27 heavy (non-hydrogen) atoms. The predicted molar refractivity (Wildman–Crippen MR) is 102 cm³/mol. The number of rotatable bonds is 4. The molecule has 7 nitrogen and oxygen atoms in total. The second-order valence-corrected chi connectivity index (χ2v) is 6.81. The van der Waals surface area contributed by atoms with Crippen molar-refractivity contribution in [2.45, 2.75) is 6.92 Å². The Labute approximate surface area is 161 Å². The predicted octanol–water partition coefficient (Wildman–Crippen LogP) is 3.26. The Morgan fingerprint density at radius 2 is 1.96 bits per heavy atom. The molecule has 0 bridgehead atoms. The van der Waals surface area contributed by atoms with E-state index in [2.05, 4.69) is 5.32 Å². The first-order valence-electron chi connectivity index (χ1n) is 8.53. The number of carbonyl (C=O) groups excluding carboxylic acids is 2. The van der Waals surface area contributed by atoms with Gasteiger partial charge in [0.2, 0.25) is 12.7 Å². The molecule has 8 heteroatoms. The highest BCUT2D eigenvalue weighted by molar-refractivity contribution is 6.31. The van der Waals surface area contributed by atoms with Crippen LogP contribution in [-0.4, -0.2) is 43.3 Å². The Bertz CT molecular complexity index is 918. The fourth-order valence-electron chi connectivity index (χ4n) is 3.07. The zero-order chi connectivity index (χ0) is 19.0. The molecule has 2 aliphatic heterocycles. The van der Waals surface area contributed by atoms with Gasteiger partial charge in [-0.2, -0.15) is 0 Å². The lowest BCUT2D eigenvalue weighted by molar-refractivity contribution is -0.116. The van der Waals surface area contributed by atoms with Crippen LogP contribution < -0.4 is 19.7 Å². The van der Waals surface area contributed by atoms with Crippen LogP contribution in [0.3, 0.4) is 0 Å². The van der Waals surface area contributed by atoms with E-state index >= 15 is 0 Å². The van der Waals surface area contributed by atoms with Gasteiger partial charge in [0.1, 0.15) is 6.54 Å². The number of halogens is 1. The number of urea groups is 1. The van der Waals surface area contributed by atoms with Gasteiger partial charge in [0.15, 0.2) is 11.5 Å². The molecule has 2 heterocycles. The van der Waals surface area contributed by atoms with Crippen molar-refractivity contribution in [3.05, 3.63) is 47.0 Å². The zero-order valence-electron chi connectivity index (χ0n) is 14.7. The summed E-state index contributed by atoms with van der Waals surface area (Å²) in [7, 11) is 0. The maximum atomic E-state index is 12.7. The molecule has 0 atom stereocenters. The van der Waals surface area contributed by atoms with E-state index in [1.807, 2.05) is 19.1 Å². The lowest BCUT2D eigenvalue weighted by atomic mass is 10.2. The molecule has 1 N–H and O–H groups in total. The van der Waals surface area contributed by atoms with E-state index in [9.17, 15) is 9.59 Å². The van der Waals surface area contributed by atoms with Gasteiger partial charge in [0.25, 0.3) is 0 Å². The van der Waals surface area contributed by atoms with Gasteiger partial charge in [-0.15, -0.1) is 0 Å². The largest absolute Gasteiger partial charge is 0.454 e. The van der Waals surface area contributed by atoms with Crippen molar-refractivity contribution in [3.8, 4) is 11.5 Å². The first-order chi connectivity index (χ1) is 13.0. The average Bonchev–Trinajstić information content (AvgIpc) is 3.24. The fourth-order valence-corrected chi connectivity index (χ4v) is 3.25. The van der Waals surface area contributed by atoms with Crippen LogP contribution in [0, 0.1) is 6.92 Å². The summed E-state index contributed by atoms with van der Waals surface area (Å²) < 4.78 is 10.7. The van der Waals surface area contributed by atoms with Crippen LogP contribution >= 0.6 is 11.6 Å². The SMILES string of the molecule is Cc1ccc(NC(=O)CN2CCN(c3ccc4c(c3)OCO4)C2=O)cc1Cl. The summed E-state index contributed by atoms with van der Waals surface area (Å²) in [5.74, 6) is 1.02. The maximum Gasteiger partial charge on any atom is 0.325 e. The Morgan fingerprint density at radius 3 is 2.78 bits per heavy atom. The average molecular weight is 388 g/mol. The number of benzene rings is 2. The van der Waals surface area contributed by atoms with Crippen molar-refractivity contribution in [1.29, 1.82) is 0 Å². The molecule has 4 rings (SSSR count). The van der Waals surface area contributed by atoms with Crippen LogP contribution in [-0.2, 0) is 4.79 Å². The third kappa shape index (κ3) is 3.50. The summed E-state index contributed by atoms with van der Waals surface area (Å²) in [5.41, 5.74) is 2.26. The smallest absolute Gasteiger partial charge is 0.325 e. The third-order valence-electron chi connectivity index (χ3n) is 4.55. The zero-order valence-corrected chi connectivity index (χ0v) is 15.5. The maximum absolute atomic E-state index is 12.7. The molecule has 140 valence electrons. The van der Waals surface area contributed by atoms with Crippen molar-refractivity contribution >= 4 is 34.9 Å². The minimum Gasteiger partial charge on any atom is -0.454 e. The van der Waals surface area contributed by atoms with Crippen LogP contribution in [0.1, 0.15) is 5.56 Å². The van der Waals surface area contributed by atoms with Gasteiger partial charge in [-0.05, 0) is 36.8 Å². The summed E-state index contributed by atoms with van der Waals surface area (Å²) in [6, 6.07) is 10.5. The standard InChI is InChI=1S/C19H18ClN3O4/c1-12-2-3-13(8-15(12)20)21-18(24)10-22-6-7-23(19(22)25)14-4-5-16-17(9-14)27-11-26-16/h2-5,8-9H,6-7,10-11H2,1H3,(H,21,24). The molecule has 2 aromatic carbocycles. The van der Waals surface area contributed by atoms with Crippen LogP contribution in [0.4, 0.5) is 16.2 Å². The summed E-state index contributed by atoms with van der Waals surface area (Å²) in [6.45, 7) is 3.02. The Morgan fingerprint density at radius 1 is 1.15 bits per heavy atom. The van der Waals surface area contributed by atoms with E-state index in [1.54, 1.807) is 29.2 Å². The van der Waals surface area contributed by atoms with Gasteiger partial charge in [0.05, 0.1) is 0 Å². The van der Waals surface area contributed by atoms with Crippen molar-refractivity contribution in [2.24, 2.45) is 0 Å². The van der Waals surface area contributed by atoms with Crippen molar-refractivity contribution < 1.29 is 19.1 Å². The number of carbonyl (C=O) groups is 2. The molecular formula is C19H18ClN3O4. The van der Waals surface area contributed by atoms with Crippen LogP contribution in [0.2, 0.25) is 5.02 Å². The number of nitrogens with one attached hydrogen (secondary N) is 1. The minimum absolute atomic E-state index is 0.0224. The summed E-state index contributed by atoms with van der Waals surface area (Å²) in [6.07, 6.45) is 0. The molecule has 0 unspecified atom stereocenters. The summed E-state index contributed by atoms with van der Waals surface area (Å²) in [5, 5.41) is 3.36. The van der Waals surface area contributed by atoms with Gasteiger partial charge < -0.3 is 19.7 Å². The summed E-state index contributed by atoms with van der Waals surface area (Å²) in [4.78, 5) is 28.1. The number of aryl methyl sites for hydroxylation is 1. The first-order valence-corrected chi connectivity index (χ1v) is 8.91. The van der Waals surface area contributed by atoms with E-state index < -0.39 is 0 Å². The highest BCUT2D eigenvalue weighted by Gasteiger charge is 2.31. The molecule has 1 fully saturated rings. The molecule has 2 aromatic rings. The van der Waals surface area contributed by atoms with E-state index in [-0.39, 0.29) is 25.3 Å². The van der Waals surface area contributed by atoms with E-state index in [0.717, 1.165) is 11.3 Å². The lowest BCUT2D eigenvalue weighted by Gasteiger charge is -2.18. The van der Waals surface area contributed by atoms with Crippen LogP contribution in [0.5, 0.6) is 11.5 Å². The highest BCUT2D eigenvalue weighted by Crippen LogP contribution is 2.36. The van der Waals surface area contributed by atoms with E-state index in [4.69, 9.17) is 21.1 Å². The van der Waals surface area contributed by atoms with Crippen molar-refractivity contribution in [2.75, 3.05) is 36.6 Å². The molecule has 0 radical (unpaired) electrons. The summed E-state index contributed by atoms with van der Waals surface area (Å²) >= 11 is 6.08. The number of ether oxygens (including phenoxy) is 2. The molecule has 0 spiro atoms. The highest BCUT2D eigenvalue weighted by atomic mass is 35.5. The quantitative estimate of drug-likeness (QED) is 0.874. The Kier molecular flexibility index (Phi) is 4.53. The fraction of sp³-hybridized carbons (Fsp3) is 0.263. The van der Waals surface area contributed by atoms with Crippen LogP contribution in [0.25, 0.3) is 0 Å². The van der Waals surface area contributed by atoms with E-state index in [1.165, 1.54) is 4.90 Å². The number of hydrogen-bond acceptors (Lipinski definition) is 4. The third-order valence-corrected chi connectivity index (χ3v) is 4.96. The van der Waals surface area contributed by atoms with Gasteiger partial charge >= 0.3 is 6.03 Å². The Hall–Kier alpha value is -2.93. The van der Waals surface area contributed by atoms with Crippen molar-refractivity contribution in [3.63, 3.8) is 0 Å². The number of hydrogen-bond donors (Lipinski definition) is 1. The molecule has 3 amide bonds. The number of anilines is 2. The molecule has 2 aliphatic rings. The van der Waals surface area contributed by atoms with Crippen molar-refractivity contribution in [1.82, 2.24) is 4.90 Å². The van der Waals surface area contributed by atoms with Gasteiger partial charge in [0, 0.05) is 35.6 Å². The van der Waals surface area contributed by atoms with Gasteiger partial charge in [-0.1, -0.05) is 17.7 Å².